The van der Waals surface area contributed by atoms with Crippen molar-refractivity contribution in [2.75, 3.05) is 4.90 Å². The minimum Gasteiger partial charge on any atom is -0.309 e. The van der Waals surface area contributed by atoms with Gasteiger partial charge in [0.15, 0.2) is 17.5 Å². The highest BCUT2D eigenvalue weighted by Gasteiger charge is 2.29. The molecule has 6 heteroatoms. The number of fused-ring (bicyclic) bond motifs is 11. The van der Waals surface area contributed by atoms with Gasteiger partial charge in [0, 0.05) is 65.9 Å². The molecule has 0 radical (unpaired) electrons. The molecule has 0 spiro atoms. The summed E-state index contributed by atoms with van der Waals surface area (Å²) in [7, 11) is 0. The van der Waals surface area contributed by atoms with Crippen LogP contribution in [0.15, 0.2) is 255 Å². The van der Waals surface area contributed by atoms with Gasteiger partial charge in [-0.3, -0.25) is 0 Å². The molecule has 16 rings (SSSR count). The summed E-state index contributed by atoms with van der Waals surface area (Å²) in [6.45, 7) is 0. The lowest BCUT2D eigenvalue weighted by Gasteiger charge is -2.35. The summed E-state index contributed by atoms with van der Waals surface area (Å²) in [5.74, 6) is 1.82. The maximum Gasteiger partial charge on any atom is 0.164 e. The summed E-state index contributed by atoms with van der Waals surface area (Å²) in [4.78, 5) is 18.9. The fourth-order valence-electron chi connectivity index (χ4n) is 12.2. The van der Waals surface area contributed by atoms with E-state index in [1.165, 1.54) is 43.4 Å². The molecule has 348 valence electrons. The van der Waals surface area contributed by atoms with Crippen LogP contribution in [0.2, 0.25) is 0 Å². The normalized spacial score (nSPS) is 12.2. The second kappa shape index (κ2) is 16.2. The monoisotopic (exact) mass is 954 g/mol. The SMILES string of the molecule is c1ccc(-n2c3ccccc3c3cc(-c4nc(-c5ccc6c(c5)c5ccccc5n6-c5ccccc5)nc(-c5ccc(N6c7ccc8ccccc8c7-c7cccc8cccc6c78)c6ccccc56)n4)ccc32)cc1. The van der Waals surface area contributed by atoms with Crippen LogP contribution in [0.5, 0.6) is 0 Å². The van der Waals surface area contributed by atoms with E-state index in [-0.39, 0.29) is 0 Å². The van der Waals surface area contributed by atoms with Gasteiger partial charge in [-0.1, -0.05) is 158 Å². The molecule has 1 aliphatic rings. The van der Waals surface area contributed by atoms with E-state index in [2.05, 4.69) is 269 Å². The largest absolute Gasteiger partial charge is 0.309 e. The molecule has 1 aliphatic heterocycles. The lowest BCUT2D eigenvalue weighted by Crippen LogP contribution is -2.15. The van der Waals surface area contributed by atoms with Crippen LogP contribution in [-0.2, 0) is 0 Å². The zero-order valence-electron chi connectivity index (χ0n) is 40.4. The fourth-order valence-corrected chi connectivity index (χ4v) is 12.2. The topological polar surface area (TPSA) is 51.8 Å². The Balaban J connectivity index is 0.928. The van der Waals surface area contributed by atoms with Gasteiger partial charge in [0.25, 0.3) is 0 Å². The van der Waals surface area contributed by atoms with Gasteiger partial charge in [-0.25, -0.2) is 15.0 Å². The maximum atomic E-state index is 5.48. The smallest absolute Gasteiger partial charge is 0.164 e. The van der Waals surface area contributed by atoms with E-state index in [1.54, 1.807) is 0 Å². The van der Waals surface area contributed by atoms with Gasteiger partial charge in [-0.15, -0.1) is 0 Å². The van der Waals surface area contributed by atoms with Crippen LogP contribution in [-0.4, -0.2) is 24.1 Å². The van der Waals surface area contributed by atoms with Crippen molar-refractivity contribution in [3.63, 3.8) is 0 Å². The molecule has 0 saturated carbocycles. The molecule has 3 aromatic heterocycles. The number of anilines is 3. The first-order chi connectivity index (χ1) is 37.2. The average molecular weight is 955 g/mol. The third-order valence-electron chi connectivity index (χ3n) is 15.4. The van der Waals surface area contributed by atoms with E-state index in [9.17, 15) is 0 Å². The molecule has 4 heterocycles. The van der Waals surface area contributed by atoms with Gasteiger partial charge in [0.05, 0.1) is 39.1 Å². The summed E-state index contributed by atoms with van der Waals surface area (Å²) < 4.78 is 4.69. The Labute approximate surface area is 431 Å². The Hall–Kier alpha value is -10.2. The van der Waals surface area contributed by atoms with Crippen molar-refractivity contribution in [1.82, 2.24) is 24.1 Å². The minimum atomic E-state index is 0.605. The van der Waals surface area contributed by atoms with E-state index >= 15 is 0 Å². The molecule has 0 fully saturated rings. The molecule has 75 heavy (non-hydrogen) atoms. The number of rotatable bonds is 6. The standard InChI is InChI=1S/C69H42N6/c1-3-20-47(21-4-1)73-58-30-13-11-27-52(58)56-41-45(34-37-61(56)73)67-70-68(46-35-38-62-57(42-46)53-28-12-14-31-59(53)74(62)48-22-5-2-6-23-48)72-69(71-67)54-36-40-60(51-26-10-9-25-50(51)54)75-63-32-16-19-44-18-15-29-55(65(44)63)66-49-24-8-7-17-43(49)33-39-64(66)75/h1-42H. The molecule has 0 unspecified atom stereocenters. The van der Waals surface area contributed by atoms with Crippen LogP contribution in [0.4, 0.5) is 17.1 Å². The van der Waals surface area contributed by atoms with Crippen LogP contribution in [0.25, 0.3) is 133 Å². The second-order valence-electron chi connectivity index (χ2n) is 19.5. The number of para-hydroxylation sites is 4. The van der Waals surface area contributed by atoms with Crippen LogP contribution in [0, 0.1) is 0 Å². The van der Waals surface area contributed by atoms with Gasteiger partial charge in [0.1, 0.15) is 0 Å². The molecule has 0 N–H and O–H groups in total. The van der Waals surface area contributed by atoms with Gasteiger partial charge in [0.2, 0.25) is 0 Å². The van der Waals surface area contributed by atoms with Gasteiger partial charge in [-0.05, 0) is 124 Å². The molecule has 0 atom stereocenters. The lowest BCUT2D eigenvalue weighted by molar-refractivity contribution is 1.08. The third-order valence-corrected chi connectivity index (χ3v) is 15.4. The molecule has 15 aromatic rings. The Bertz CT molecular complexity index is 4660. The predicted molar refractivity (Wildman–Crippen MR) is 311 cm³/mol. The quantitative estimate of drug-likeness (QED) is 0.167. The van der Waals surface area contributed by atoms with Crippen molar-refractivity contribution in [3.05, 3.63) is 255 Å². The second-order valence-corrected chi connectivity index (χ2v) is 19.5. The Morgan fingerprint density at radius 1 is 0.267 bits per heavy atom. The van der Waals surface area contributed by atoms with Crippen LogP contribution in [0.3, 0.4) is 0 Å². The first kappa shape index (κ1) is 41.4. The highest BCUT2D eigenvalue weighted by atomic mass is 15.2. The number of benzene rings is 12. The summed E-state index contributed by atoms with van der Waals surface area (Å²) in [5.41, 5.74) is 15.4. The minimum absolute atomic E-state index is 0.605. The van der Waals surface area contributed by atoms with Crippen molar-refractivity contribution in [2.45, 2.75) is 0 Å². The highest BCUT2D eigenvalue weighted by Crippen LogP contribution is 2.54. The Morgan fingerprint density at radius 3 is 1.40 bits per heavy atom. The number of aromatic nitrogens is 5. The Morgan fingerprint density at radius 2 is 0.760 bits per heavy atom. The molecule has 6 nitrogen and oxygen atoms in total. The van der Waals surface area contributed by atoms with Crippen LogP contribution >= 0.6 is 0 Å². The predicted octanol–water partition coefficient (Wildman–Crippen LogP) is 18.0. The van der Waals surface area contributed by atoms with E-state index in [0.717, 1.165) is 88.7 Å². The molecule has 0 amide bonds. The third kappa shape index (κ3) is 6.24. The van der Waals surface area contributed by atoms with E-state index in [0.29, 0.717) is 17.5 Å². The molecule has 0 saturated heterocycles. The van der Waals surface area contributed by atoms with Crippen molar-refractivity contribution in [1.29, 1.82) is 0 Å². The van der Waals surface area contributed by atoms with Crippen LogP contribution < -0.4 is 4.90 Å². The van der Waals surface area contributed by atoms with Crippen molar-refractivity contribution in [2.24, 2.45) is 0 Å². The molecule has 0 aliphatic carbocycles. The summed E-state index contributed by atoms with van der Waals surface area (Å²) >= 11 is 0. The van der Waals surface area contributed by atoms with Crippen molar-refractivity contribution in [3.8, 4) is 56.7 Å². The van der Waals surface area contributed by atoms with Gasteiger partial charge < -0.3 is 14.0 Å². The van der Waals surface area contributed by atoms with E-state index < -0.39 is 0 Å². The highest BCUT2D eigenvalue weighted by molar-refractivity contribution is 6.21. The first-order valence-corrected chi connectivity index (χ1v) is 25.5. The molecule has 0 bridgehead atoms. The van der Waals surface area contributed by atoms with Crippen LogP contribution in [0.1, 0.15) is 0 Å². The van der Waals surface area contributed by atoms with E-state index in [4.69, 9.17) is 15.0 Å². The first-order valence-electron chi connectivity index (χ1n) is 25.5. The molecule has 12 aromatic carbocycles. The number of hydrogen-bond acceptors (Lipinski definition) is 4. The zero-order valence-corrected chi connectivity index (χ0v) is 40.4. The fraction of sp³-hybridized carbons (Fsp3) is 0. The zero-order chi connectivity index (χ0) is 49.1. The summed E-state index contributed by atoms with van der Waals surface area (Å²) in [6.07, 6.45) is 0. The lowest BCUT2D eigenvalue weighted by atomic mass is 9.87. The van der Waals surface area contributed by atoms with Gasteiger partial charge >= 0.3 is 0 Å². The van der Waals surface area contributed by atoms with Crippen molar-refractivity contribution < 1.29 is 0 Å². The van der Waals surface area contributed by atoms with Crippen molar-refractivity contribution >= 4 is 93.0 Å². The summed E-state index contributed by atoms with van der Waals surface area (Å²) in [5, 5.41) is 11.7. The average Bonchev–Trinajstić information content (AvgIpc) is 3.99. The molecular weight excluding hydrogens is 913 g/mol. The number of hydrogen-bond donors (Lipinski definition) is 0. The molecular formula is C69H42N6. The summed E-state index contributed by atoms with van der Waals surface area (Å²) in [6, 6.07) is 91.6. The number of nitrogens with zero attached hydrogens (tertiary/aromatic N) is 6. The Kier molecular flexibility index (Phi) is 8.94. The maximum absolute atomic E-state index is 5.48. The van der Waals surface area contributed by atoms with E-state index in [1.807, 2.05) is 0 Å². The van der Waals surface area contributed by atoms with Gasteiger partial charge in [-0.2, -0.15) is 0 Å².